The molecule has 2 aromatic carbocycles. The zero-order valence-corrected chi connectivity index (χ0v) is 15.2. The first-order valence-corrected chi connectivity index (χ1v) is 8.45. The normalized spacial score (nSPS) is 10.3. The van der Waals surface area contributed by atoms with E-state index in [-0.39, 0.29) is 6.61 Å². The molecular formula is C20H24N2O4. The Kier molecular flexibility index (Phi) is 7.02. The Labute approximate surface area is 153 Å². The molecule has 0 fully saturated rings. The minimum absolute atomic E-state index is 0.194. The Morgan fingerprint density at radius 1 is 0.962 bits per heavy atom. The number of hydrogen-bond donors (Lipinski definition) is 2. The first kappa shape index (κ1) is 19.3. The maximum absolute atomic E-state index is 12.1. The van der Waals surface area contributed by atoms with Gasteiger partial charge in [-0.15, -0.1) is 0 Å². The SMILES string of the molecule is Cc1ccc(OCC(=O)NNC(=O)c2cccc(OCC(C)C)c2)cc1. The molecule has 0 unspecified atom stereocenters. The van der Waals surface area contributed by atoms with E-state index in [1.165, 1.54) is 0 Å². The third kappa shape index (κ3) is 6.47. The van der Waals surface area contributed by atoms with Gasteiger partial charge in [-0.25, -0.2) is 0 Å². The van der Waals surface area contributed by atoms with Crippen LogP contribution in [0, 0.1) is 12.8 Å². The average Bonchev–Trinajstić information content (AvgIpc) is 2.64. The molecule has 2 N–H and O–H groups in total. The number of hydrogen-bond acceptors (Lipinski definition) is 4. The largest absolute Gasteiger partial charge is 0.493 e. The highest BCUT2D eigenvalue weighted by molar-refractivity contribution is 5.95. The topological polar surface area (TPSA) is 76.7 Å². The molecule has 0 aromatic heterocycles. The summed E-state index contributed by atoms with van der Waals surface area (Å²) in [6, 6.07) is 14.1. The fourth-order valence-corrected chi connectivity index (χ4v) is 2.01. The summed E-state index contributed by atoms with van der Waals surface area (Å²) in [7, 11) is 0. The van der Waals surface area contributed by atoms with Crippen LogP contribution in [0.15, 0.2) is 48.5 Å². The van der Waals surface area contributed by atoms with Crippen LogP contribution in [0.4, 0.5) is 0 Å². The maximum Gasteiger partial charge on any atom is 0.276 e. The highest BCUT2D eigenvalue weighted by atomic mass is 16.5. The first-order chi connectivity index (χ1) is 12.4. The third-order valence-electron chi connectivity index (χ3n) is 3.39. The zero-order chi connectivity index (χ0) is 18.9. The minimum Gasteiger partial charge on any atom is -0.493 e. The Morgan fingerprint density at radius 2 is 1.69 bits per heavy atom. The van der Waals surface area contributed by atoms with Crippen LogP contribution in [-0.4, -0.2) is 25.0 Å². The van der Waals surface area contributed by atoms with Gasteiger partial charge in [0.25, 0.3) is 11.8 Å². The number of rotatable bonds is 7. The van der Waals surface area contributed by atoms with Crippen LogP contribution in [0.25, 0.3) is 0 Å². The summed E-state index contributed by atoms with van der Waals surface area (Å²) in [5.41, 5.74) is 6.19. The van der Waals surface area contributed by atoms with E-state index in [0.717, 1.165) is 5.56 Å². The number of benzene rings is 2. The van der Waals surface area contributed by atoms with Crippen LogP contribution in [0.5, 0.6) is 11.5 Å². The van der Waals surface area contributed by atoms with Gasteiger partial charge in [0, 0.05) is 5.56 Å². The van der Waals surface area contributed by atoms with E-state index in [2.05, 4.69) is 10.9 Å². The summed E-state index contributed by atoms with van der Waals surface area (Å²) in [6.07, 6.45) is 0. The molecule has 2 aromatic rings. The van der Waals surface area contributed by atoms with Crippen LogP contribution in [-0.2, 0) is 4.79 Å². The van der Waals surface area contributed by atoms with E-state index in [4.69, 9.17) is 9.47 Å². The summed E-state index contributed by atoms with van der Waals surface area (Å²) in [5.74, 6) is 0.711. The second-order valence-corrected chi connectivity index (χ2v) is 6.34. The fourth-order valence-electron chi connectivity index (χ4n) is 2.01. The number of nitrogens with one attached hydrogen (secondary N) is 2. The van der Waals surface area contributed by atoms with E-state index in [1.807, 2.05) is 32.9 Å². The molecule has 2 rings (SSSR count). The van der Waals surface area contributed by atoms with E-state index in [1.54, 1.807) is 36.4 Å². The summed E-state index contributed by atoms with van der Waals surface area (Å²) in [6.45, 7) is 6.43. The summed E-state index contributed by atoms with van der Waals surface area (Å²) in [5, 5.41) is 0. The van der Waals surface area contributed by atoms with Gasteiger partial charge in [-0.3, -0.25) is 20.4 Å². The van der Waals surface area contributed by atoms with Crippen molar-refractivity contribution in [2.24, 2.45) is 5.92 Å². The van der Waals surface area contributed by atoms with Crippen LogP contribution in [0.3, 0.4) is 0 Å². The number of ether oxygens (including phenoxy) is 2. The van der Waals surface area contributed by atoms with Crippen molar-refractivity contribution in [1.29, 1.82) is 0 Å². The van der Waals surface area contributed by atoms with Crippen molar-refractivity contribution >= 4 is 11.8 Å². The first-order valence-electron chi connectivity index (χ1n) is 8.45. The second-order valence-electron chi connectivity index (χ2n) is 6.34. The Bertz CT molecular complexity index is 742. The fraction of sp³-hybridized carbons (Fsp3) is 0.300. The lowest BCUT2D eigenvalue weighted by Gasteiger charge is -2.11. The standard InChI is InChI=1S/C20H24N2O4/c1-14(2)12-25-18-6-4-5-16(11-18)20(24)22-21-19(23)13-26-17-9-7-15(3)8-10-17/h4-11,14H,12-13H2,1-3H3,(H,21,23)(H,22,24). The van der Waals surface area contributed by atoms with Crippen molar-refractivity contribution in [1.82, 2.24) is 10.9 Å². The molecule has 0 aliphatic rings. The molecule has 6 nitrogen and oxygen atoms in total. The smallest absolute Gasteiger partial charge is 0.276 e. The van der Waals surface area contributed by atoms with Gasteiger partial charge >= 0.3 is 0 Å². The van der Waals surface area contributed by atoms with Gasteiger partial charge < -0.3 is 9.47 Å². The molecule has 6 heteroatoms. The monoisotopic (exact) mass is 356 g/mol. The van der Waals surface area contributed by atoms with Crippen LogP contribution in [0.1, 0.15) is 29.8 Å². The lowest BCUT2D eigenvalue weighted by atomic mass is 10.2. The van der Waals surface area contributed by atoms with Crippen LogP contribution in [0.2, 0.25) is 0 Å². The summed E-state index contributed by atoms with van der Waals surface area (Å²) in [4.78, 5) is 23.9. The summed E-state index contributed by atoms with van der Waals surface area (Å²) >= 11 is 0. The lowest BCUT2D eigenvalue weighted by Crippen LogP contribution is -2.43. The highest BCUT2D eigenvalue weighted by Crippen LogP contribution is 2.14. The molecule has 0 saturated carbocycles. The molecule has 0 atom stereocenters. The molecule has 0 radical (unpaired) electrons. The number of amides is 2. The molecule has 0 aliphatic heterocycles. The molecule has 0 spiro atoms. The Hall–Kier alpha value is -3.02. The van der Waals surface area contributed by atoms with Crippen LogP contribution >= 0.6 is 0 Å². The van der Waals surface area contributed by atoms with E-state index < -0.39 is 11.8 Å². The van der Waals surface area contributed by atoms with Crippen LogP contribution < -0.4 is 20.3 Å². The second kappa shape index (κ2) is 9.46. The van der Waals surface area contributed by atoms with E-state index in [0.29, 0.717) is 29.6 Å². The van der Waals surface area contributed by atoms with Crippen molar-refractivity contribution in [2.45, 2.75) is 20.8 Å². The molecule has 0 saturated heterocycles. The van der Waals surface area contributed by atoms with Crippen molar-refractivity contribution in [3.05, 3.63) is 59.7 Å². The molecule has 0 aliphatic carbocycles. The van der Waals surface area contributed by atoms with Gasteiger partial charge in [0.1, 0.15) is 11.5 Å². The number of hydrazine groups is 1. The van der Waals surface area contributed by atoms with Gasteiger partial charge in [0.05, 0.1) is 6.61 Å². The van der Waals surface area contributed by atoms with Gasteiger partial charge in [-0.2, -0.15) is 0 Å². The van der Waals surface area contributed by atoms with Crippen molar-refractivity contribution in [3.63, 3.8) is 0 Å². The lowest BCUT2D eigenvalue weighted by molar-refractivity contribution is -0.123. The van der Waals surface area contributed by atoms with Crippen molar-refractivity contribution < 1.29 is 19.1 Å². The molecule has 138 valence electrons. The zero-order valence-electron chi connectivity index (χ0n) is 15.2. The number of carbonyl (C=O) groups is 2. The van der Waals surface area contributed by atoms with E-state index >= 15 is 0 Å². The van der Waals surface area contributed by atoms with Gasteiger partial charge in [0.15, 0.2) is 6.61 Å². The number of carbonyl (C=O) groups excluding carboxylic acids is 2. The number of aryl methyl sites for hydroxylation is 1. The molecule has 2 amide bonds. The molecule has 0 bridgehead atoms. The summed E-state index contributed by atoms with van der Waals surface area (Å²) < 4.78 is 10.9. The predicted molar refractivity (Wildman–Crippen MR) is 99.1 cm³/mol. The van der Waals surface area contributed by atoms with Gasteiger partial charge in [0.2, 0.25) is 0 Å². The molecular weight excluding hydrogens is 332 g/mol. The van der Waals surface area contributed by atoms with Crippen molar-refractivity contribution in [3.8, 4) is 11.5 Å². The van der Waals surface area contributed by atoms with Gasteiger partial charge in [-0.1, -0.05) is 37.6 Å². The highest BCUT2D eigenvalue weighted by Gasteiger charge is 2.09. The average molecular weight is 356 g/mol. The Morgan fingerprint density at radius 3 is 2.38 bits per heavy atom. The molecule has 26 heavy (non-hydrogen) atoms. The van der Waals surface area contributed by atoms with Crippen molar-refractivity contribution in [2.75, 3.05) is 13.2 Å². The predicted octanol–water partition coefficient (Wildman–Crippen LogP) is 2.87. The third-order valence-corrected chi connectivity index (χ3v) is 3.39. The Balaban J connectivity index is 1.79. The quantitative estimate of drug-likeness (QED) is 0.748. The van der Waals surface area contributed by atoms with E-state index in [9.17, 15) is 9.59 Å². The minimum atomic E-state index is -0.453. The maximum atomic E-state index is 12.1. The van der Waals surface area contributed by atoms with Gasteiger partial charge in [-0.05, 0) is 43.2 Å². The molecule has 0 heterocycles.